The maximum Gasteiger partial charge on any atom is 0.124 e. The van der Waals surface area contributed by atoms with Crippen molar-refractivity contribution >= 4 is 11.9 Å². The molecule has 0 saturated carbocycles. The van der Waals surface area contributed by atoms with Crippen LogP contribution in [-0.2, 0) is 0 Å². The first kappa shape index (κ1) is 14.4. The van der Waals surface area contributed by atoms with E-state index in [9.17, 15) is 5.11 Å². The Balaban J connectivity index is 1.58. The number of hydrogen-bond acceptors (Lipinski definition) is 4. The summed E-state index contributed by atoms with van der Waals surface area (Å²) >= 11 is 0. The van der Waals surface area contributed by atoms with Crippen molar-refractivity contribution in [2.45, 2.75) is 6.92 Å². The number of anilines is 1. The SMILES string of the molecule is Cc1ccc(N2CCN(/N=C/c3ccccc3O)CC2)cc1. The number of piperazine rings is 1. The molecule has 0 unspecified atom stereocenters. The van der Waals surface area contributed by atoms with E-state index in [1.807, 2.05) is 18.2 Å². The van der Waals surface area contributed by atoms with E-state index < -0.39 is 0 Å². The second kappa shape index (κ2) is 6.52. The van der Waals surface area contributed by atoms with Crippen molar-refractivity contribution in [3.05, 3.63) is 59.7 Å². The first-order chi connectivity index (χ1) is 10.7. The summed E-state index contributed by atoms with van der Waals surface area (Å²) in [5.41, 5.74) is 3.31. The molecular formula is C18H21N3O. The van der Waals surface area contributed by atoms with Gasteiger partial charge in [-0.2, -0.15) is 5.10 Å². The molecule has 1 N–H and O–H groups in total. The van der Waals surface area contributed by atoms with Crippen molar-refractivity contribution in [1.29, 1.82) is 0 Å². The van der Waals surface area contributed by atoms with E-state index in [-0.39, 0.29) is 5.75 Å². The van der Waals surface area contributed by atoms with Crippen molar-refractivity contribution in [1.82, 2.24) is 5.01 Å². The molecule has 0 spiro atoms. The summed E-state index contributed by atoms with van der Waals surface area (Å²) in [6.07, 6.45) is 1.73. The van der Waals surface area contributed by atoms with Crippen LogP contribution in [0.3, 0.4) is 0 Å². The van der Waals surface area contributed by atoms with Gasteiger partial charge in [0, 0.05) is 24.3 Å². The molecule has 2 aromatic carbocycles. The molecule has 1 heterocycles. The molecule has 1 aliphatic heterocycles. The minimum atomic E-state index is 0.268. The topological polar surface area (TPSA) is 39.1 Å². The maximum atomic E-state index is 9.74. The Hall–Kier alpha value is -2.49. The van der Waals surface area contributed by atoms with E-state index in [0.717, 1.165) is 31.7 Å². The monoisotopic (exact) mass is 295 g/mol. The van der Waals surface area contributed by atoms with Gasteiger partial charge in [0.2, 0.25) is 0 Å². The average Bonchev–Trinajstić information content (AvgIpc) is 2.55. The van der Waals surface area contributed by atoms with Crippen molar-refractivity contribution in [2.24, 2.45) is 5.10 Å². The van der Waals surface area contributed by atoms with Crippen molar-refractivity contribution < 1.29 is 5.11 Å². The number of aromatic hydroxyl groups is 1. The fraction of sp³-hybridized carbons (Fsp3) is 0.278. The quantitative estimate of drug-likeness (QED) is 0.885. The molecule has 0 amide bonds. The first-order valence-electron chi connectivity index (χ1n) is 7.61. The van der Waals surface area contributed by atoms with Gasteiger partial charge >= 0.3 is 0 Å². The van der Waals surface area contributed by atoms with Gasteiger partial charge in [-0.25, -0.2) is 0 Å². The first-order valence-corrected chi connectivity index (χ1v) is 7.61. The Morgan fingerprint density at radius 2 is 1.64 bits per heavy atom. The number of rotatable bonds is 3. The van der Waals surface area contributed by atoms with E-state index in [1.165, 1.54) is 11.3 Å². The van der Waals surface area contributed by atoms with Gasteiger partial charge in [0.1, 0.15) is 5.75 Å². The molecule has 0 atom stereocenters. The minimum Gasteiger partial charge on any atom is -0.507 e. The zero-order chi connectivity index (χ0) is 15.4. The molecule has 1 fully saturated rings. The van der Waals surface area contributed by atoms with Crippen LogP contribution in [0, 0.1) is 6.92 Å². The lowest BCUT2D eigenvalue weighted by atomic mass is 10.2. The molecule has 4 heteroatoms. The highest BCUT2D eigenvalue weighted by Crippen LogP contribution is 2.17. The standard InChI is InChI=1S/C18H21N3O/c1-15-6-8-17(9-7-15)20-10-12-21(13-11-20)19-14-16-4-2-3-5-18(16)22/h2-9,14,22H,10-13H2,1H3/b19-14+. The second-order valence-electron chi connectivity index (χ2n) is 5.58. The van der Waals surface area contributed by atoms with Crippen LogP contribution < -0.4 is 4.90 Å². The molecule has 1 aliphatic rings. The molecule has 1 saturated heterocycles. The highest BCUT2D eigenvalue weighted by Gasteiger charge is 2.15. The van der Waals surface area contributed by atoms with Gasteiger partial charge in [-0.1, -0.05) is 29.8 Å². The van der Waals surface area contributed by atoms with Gasteiger partial charge in [0.05, 0.1) is 19.3 Å². The molecular weight excluding hydrogens is 274 g/mol. The lowest BCUT2D eigenvalue weighted by Crippen LogP contribution is -2.44. The van der Waals surface area contributed by atoms with Crippen LogP contribution in [0.5, 0.6) is 5.75 Å². The summed E-state index contributed by atoms with van der Waals surface area (Å²) in [4.78, 5) is 2.38. The van der Waals surface area contributed by atoms with Crippen LogP contribution in [0.4, 0.5) is 5.69 Å². The van der Waals surface area contributed by atoms with Crippen LogP contribution in [0.1, 0.15) is 11.1 Å². The molecule has 0 radical (unpaired) electrons. The van der Waals surface area contributed by atoms with Crippen molar-refractivity contribution in [2.75, 3.05) is 31.1 Å². The van der Waals surface area contributed by atoms with Crippen LogP contribution in [0.2, 0.25) is 0 Å². The van der Waals surface area contributed by atoms with Gasteiger partial charge in [-0.05, 0) is 31.2 Å². The number of phenolic OH excluding ortho intramolecular Hbond substituents is 1. The number of aryl methyl sites for hydroxylation is 1. The summed E-state index contributed by atoms with van der Waals surface area (Å²) in [6, 6.07) is 15.9. The number of para-hydroxylation sites is 1. The lowest BCUT2D eigenvalue weighted by Gasteiger charge is -2.34. The van der Waals surface area contributed by atoms with Crippen molar-refractivity contribution in [3.63, 3.8) is 0 Å². The van der Waals surface area contributed by atoms with Gasteiger partial charge in [-0.3, -0.25) is 5.01 Å². The smallest absolute Gasteiger partial charge is 0.124 e. The third-order valence-electron chi connectivity index (χ3n) is 3.95. The third-order valence-corrected chi connectivity index (χ3v) is 3.95. The molecule has 0 aliphatic carbocycles. The summed E-state index contributed by atoms with van der Waals surface area (Å²) in [7, 11) is 0. The predicted molar refractivity (Wildman–Crippen MR) is 90.7 cm³/mol. The molecule has 22 heavy (non-hydrogen) atoms. The van der Waals surface area contributed by atoms with Crippen LogP contribution in [0.15, 0.2) is 53.6 Å². The Kier molecular flexibility index (Phi) is 4.28. The van der Waals surface area contributed by atoms with Gasteiger partial charge in [0.15, 0.2) is 0 Å². The Bertz CT molecular complexity index is 644. The summed E-state index contributed by atoms with van der Waals surface area (Å²) in [5, 5.41) is 16.3. The fourth-order valence-corrected chi connectivity index (χ4v) is 2.57. The van der Waals surface area contributed by atoms with Gasteiger partial charge in [0.25, 0.3) is 0 Å². The summed E-state index contributed by atoms with van der Waals surface area (Å²) in [5.74, 6) is 0.268. The summed E-state index contributed by atoms with van der Waals surface area (Å²) < 4.78 is 0. The maximum absolute atomic E-state index is 9.74. The second-order valence-corrected chi connectivity index (χ2v) is 5.58. The van der Waals surface area contributed by atoms with E-state index in [1.54, 1.807) is 12.3 Å². The Labute approximate surface area is 131 Å². The lowest BCUT2D eigenvalue weighted by molar-refractivity contribution is 0.272. The van der Waals surface area contributed by atoms with Crippen LogP contribution in [-0.4, -0.2) is 42.5 Å². The Morgan fingerprint density at radius 1 is 0.955 bits per heavy atom. The zero-order valence-corrected chi connectivity index (χ0v) is 12.8. The molecule has 0 bridgehead atoms. The van der Waals surface area contributed by atoms with E-state index in [2.05, 4.69) is 46.2 Å². The molecule has 4 nitrogen and oxygen atoms in total. The largest absolute Gasteiger partial charge is 0.507 e. The molecule has 2 aromatic rings. The minimum absolute atomic E-state index is 0.268. The molecule has 3 rings (SSSR count). The van der Waals surface area contributed by atoms with E-state index in [4.69, 9.17) is 0 Å². The highest BCUT2D eigenvalue weighted by molar-refractivity contribution is 5.82. The average molecular weight is 295 g/mol. The number of phenols is 1. The van der Waals surface area contributed by atoms with Gasteiger partial charge in [-0.15, -0.1) is 0 Å². The Morgan fingerprint density at radius 3 is 2.32 bits per heavy atom. The number of nitrogens with zero attached hydrogens (tertiary/aromatic N) is 3. The number of hydrogen-bond donors (Lipinski definition) is 1. The summed E-state index contributed by atoms with van der Waals surface area (Å²) in [6.45, 7) is 5.80. The van der Waals surface area contributed by atoms with E-state index in [0.29, 0.717) is 0 Å². The number of benzene rings is 2. The normalized spacial score (nSPS) is 15.5. The van der Waals surface area contributed by atoms with Crippen molar-refractivity contribution in [3.8, 4) is 5.75 Å². The molecule has 114 valence electrons. The van der Waals surface area contributed by atoms with Gasteiger partial charge < -0.3 is 10.0 Å². The third kappa shape index (κ3) is 3.39. The predicted octanol–water partition coefficient (Wildman–Crippen LogP) is 2.86. The molecule has 0 aromatic heterocycles. The van der Waals surface area contributed by atoms with E-state index >= 15 is 0 Å². The highest BCUT2D eigenvalue weighted by atomic mass is 16.3. The van der Waals surface area contributed by atoms with Crippen LogP contribution >= 0.6 is 0 Å². The number of hydrazone groups is 1. The van der Waals surface area contributed by atoms with Crippen LogP contribution in [0.25, 0.3) is 0 Å². The fourth-order valence-electron chi connectivity index (χ4n) is 2.57. The zero-order valence-electron chi connectivity index (χ0n) is 12.8.